The molecule has 0 spiro atoms. The van der Waals surface area contributed by atoms with Gasteiger partial charge >= 0.3 is 0 Å². The van der Waals surface area contributed by atoms with Crippen LogP contribution in [0.25, 0.3) is 0 Å². The number of ether oxygens (including phenoxy) is 1. The van der Waals surface area contributed by atoms with Crippen molar-refractivity contribution in [3.63, 3.8) is 0 Å². The number of hydrogen-bond acceptors (Lipinski definition) is 3. The van der Waals surface area contributed by atoms with Crippen LogP contribution < -0.4 is 10.5 Å². The maximum Gasteiger partial charge on any atom is 0.142 e. The van der Waals surface area contributed by atoms with Gasteiger partial charge in [0, 0.05) is 0 Å². The first-order valence-electron chi connectivity index (χ1n) is 9.00. The van der Waals surface area contributed by atoms with Gasteiger partial charge in [-0.2, -0.15) is 0 Å². The van der Waals surface area contributed by atoms with E-state index in [4.69, 9.17) is 10.5 Å². The van der Waals surface area contributed by atoms with Crippen molar-refractivity contribution in [3.05, 3.63) is 59.2 Å². The minimum atomic E-state index is 0.554. The fraction of sp³-hybridized carbons (Fsp3) is 0.429. The Bertz CT molecular complexity index is 645. The van der Waals surface area contributed by atoms with Crippen LogP contribution in [0.1, 0.15) is 36.0 Å². The van der Waals surface area contributed by atoms with Gasteiger partial charge in [0.25, 0.3) is 0 Å². The van der Waals surface area contributed by atoms with Crippen molar-refractivity contribution in [1.29, 1.82) is 0 Å². The van der Waals surface area contributed by atoms with Crippen LogP contribution in [0.2, 0.25) is 0 Å². The lowest BCUT2D eigenvalue weighted by Crippen LogP contribution is -2.20. The second-order valence-corrected chi connectivity index (χ2v) is 6.80. The van der Waals surface area contributed by atoms with Gasteiger partial charge in [0.1, 0.15) is 12.4 Å². The molecule has 3 rings (SSSR count). The number of rotatable bonds is 7. The summed E-state index contributed by atoms with van der Waals surface area (Å²) in [5, 5.41) is 0. The summed E-state index contributed by atoms with van der Waals surface area (Å²) in [7, 11) is 0. The molecule has 2 aromatic carbocycles. The largest absolute Gasteiger partial charge is 0.487 e. The van der Waals surface area contributed by atoms with E-state index in [1.54, 1.807) is 0 Å². The molecule has 0 radical (unpaired) electrons. The van der Waals surface area contributed by atoms with E-state index in [9.17, 15) is 0 Å². The van der Waals surface area contributed by atoms with Crippen LogP contribution >= 0.6 is 0 Å². The summed E-state index contributed by atoms with van der Waals surface area (Å²) in [4.78, 5) is 2.56. The van der Waals surface area contributed by atoms with E-state index in [2.05, 4.69) is 48.2 Å². The zero-order chi connectivity index (χ0) is 16.8. The van der Waals surface area contributed by atoms with Crippen LogP contribution in [0.3, 0.4) is 0 Å². The second kappa shape index (κ2) is 8.20. The standard InChI is InChI=1S/C21H28N2O/c1-17-6-8-19(9-7-17)16-24-21-11-10-18(15-20(21)22)5-4-14-23-12-2-3-13-23/h6-11,15H,2-5,12-14,16,22H2,1H3. The predicted molar refractivity (Wildman–Crippen MR) is 100 cm³/mol. The quantitative estimate of drug-likeness (QED) is 0.776. The Balaban J connectivity index is 1.49. The Labute approximate surface area is 145 Å². The molecule has 0 amide bonds. The zero-order valence-electron chi connectivity index (χ0n) is 14.6. The van der Waals surface area contributed by atoms with E-state index in [1.165, 1.54) is 50.0 Å². The fourth-order valence-electron chi connectivity index (χ4n) is 3.24. The fourth-order valence-corrected chi connectivity index (χ4v) is 3.24. The van der Waals surface area contributed by atoms with Gasteiger partial charge in [-0.25, -0.2) is 0 Å². The number of nitrogens with zero attached hydrogens (tertiary/aromatic N) is 1. The number of anilines is 1. The zero-order valence-corrected chi connectivity index (χ0v) is 14.6. The van der Waals surface area contributed by atoms with Crippen LogP contribution in [0.15, 0.2) is 42.5 Å². The topological polar surface area (TPSA) is 38.5 Å². The maximum absolute atomic E-state index is 6.17. The van der Waals surface area contributed by atoms with Gasteiger partial charge in [0.05, 0.1) is 5.69 Å². The first-order valence-corrected chi connectivity index (χ1v) is 9.00. The predicted octanol–water partition coefficient (Wildman–Crippen LogP) is 4.18. The molecule has 1 heterocycles. The molecule has 2 N–H and O–H groups in total. The average molecular weight is 324 g/mol. The van der Waals surface area contributed by atoms with Gasteiger partial charge in [-0.15, -0.1) is 0 Å². The molecule has 1 saturated heterocycles. The normalized spacial score (nSPS) is 14.9. The van der Waals surface area contributed by atoms with Gasteiger partial charge in [-0.3, -0.25) is 0 Å². The van der Waals surface area contributed by atoms with E-state index < -0.39 is 0 Å². The molecule has 3 nitrogen and oxygen atoms in total. The van der Waals surface area contributed by atoms with E-state index in [-0.39, 0.29) is 0 Å². The molecule has 0 aromatic heterocycles. The van der Waals surface area contributed by atoms with Crippen molar-refractivity contribution in [3.8, 4) is 5.75 Å². The number of nitrogens with two attached hydrogens (primary N) is 1. The summed E-state index contributed by atoms with van der Waals surface area (Å²) in [6.07, 6.45) is 5.00. The van der Waals surface area contributed by atoms with Gasteiger partial charge in [-0.1, -0.05) is 35.9 Å². The van der Waals surface area contributed by atoms with Crippen molar-refractivity contribution >= 4 is 5.69 Å². The average Bonchev–Trinajstić information content (AvgIpc) is 3.09. The number of hydrogen-bond donors (Lipinski definition) is 1. The highest BCUT2D eigenvalue weighted by atomic mass is 16.5. The van der Waals surface area contributed by atoms with Gasteiger partial charge in [0.15, 0.2) is 0 Å². The molecular formula is C21H28N2O. The Kier molecular flexibility index (Phi) is 5.76. The monoisotopic (exact) mass is 324 g/mol. The van der Waals surface area contributed by atoms with Crippen molar-refractivity contribution in [1.82, 2.24) is 4.90 Å². The van der Waals surface area contributed by atoms with Crippen molar-refractivity contribution < 1.29 is 4.74 Å². The van der Waals surface area contributed by atoms with Crippen LogP contribution in [-0.4, -0.2) is 24.5 Å². The Hall–Kier alpha value is -2.00. The summed E-state index contributed by atoms with van der Waals surface area (Å²) in [5.74, 6) is 0.777. The second-order valence-electron chi connectivity index (χ2n) is 6.80. The molecule has 0 bridgehead atoms. The van der Waals surface area contributed by atoms with Gasteiger partial charge < -0.3 is 15.4 Å². The molecule has 0 saturated carbocycles. The van der Waals surface area contributed by atoms with Crippen LogP contribution in [0.4, 0.5) is 5.69 Å². The summed E-state index contributed by atoms with van der Waals surface area (Å²) < 4.78 is 5.87. The molecule has 0 aliphatic carbocycles. The Morgan fingerprint density at radius 2 is 1.71 bits per heavy atom. The number of benzene rings is 2. The van der Waals surface area contributed by atoms with E-state index in [1.807, 2.05) is 6.07 Å². The first-order chi connectivity index (χ1) is 11.7. The van der Waals surface area contributed by atoms with Crippen LogP contribution in [-0.2, 0) is 13.0 Å². The smallest absolute Gasteiger partial charge is 0.142 e. The minimum Gasteiger partial charge on any atom is -0.487 e. The molecule has 1 aliphatic heterocycles. The number of likely N-dealkylation sites (tertiary alicyclic amines) is 1. The maximum atomic E-state index is 6.17. The summed E-state index contributed by atoms with van der Waals surface area (Å²) in [6.45, 7) is 6.39. The highest BCUT2D eigenvalue weighted by Crippen LogP contribution is 2.24. The van der Waals surface area contributed by atoms with Gasteiger partial charge in [-0.05, 0) is 75.5 Å². The summed E-state index contributed by atoms with van der Waals surface area (Å²) in [6, 6.07) is 14.6. The lowest BCUT2D eigenvalue weighted by Gasteiger charge is -2.14. The summed E-state index contributed by atoms with van der Waals surface area (Å²) in [5.41, 5.74) is 10.6. The molecular weight excluding hydrogens is 296 g/mol. The van der Waals surface area contributed by atoms with Crippen LogP contribution in [0, 0.1) is 6.92 Å². The van der Waals surface area contributed by atoms with E-state index in [0.717, 1.165) is 23.4 Å². The molecule has 0 atom stereocenters. The third-order valence-electron chi connectivity index (χ3n) is 4.73. The molecule has 0 unspecified atom stereocenters. The number of aryl methyl sites for hydroxylation is 2. The molecule has 1 fully saturated rings. The Morgan fingerprint density at radius 1 is 1.00 bits per heavy atom. The van der Waals surface area contributed by atoms with Gasteiger partial charge in [0.2, 0.25) is 0 Å². The third-order valence-corrected chi connectivity index (χ3v) is 4.73. The van der Waals surface area contributed by atoms with Crippen molar-refractivity contribution in [2.24, 2.45) is 0 Å². The number of nitrogen functional groups attached to an aromatic ring is 1. The highest BCUT2D eigenvalue weighted by Gasteiger charge is 2.10. The van der Waals surface area contributed by atoms with Crippen LogP contribution in [0.5, 0.6) is 5.75 Å². The molecule has 2 aromatic rings. The van der Waals surface area contributed by atoms with Crippen molar-refractivity contribution in [2.45, 2.75) is 39.2 Å². The SMILES string of the molecule is Cc1ccc(COc2ccc(CCCN3CCCC3)cc2N)cc1. The highest BCUT2D eigenvalue weighted by molar-refractivity contribution is 5.54. The molecule has 1 aliphatic rings. The first kappa shape index (κ1) is 16.8. The molecule has 3 heteroatoms. The lowest BCUT2D eigenvalue weighted by atomic mass is 10.1. The minimum absolute atomic E-state index is 0.554. The Morgan fingerprint density at radius 3 is 2.42 bits per heavy atom. The summed E-state index contributed by atoms with van der Waals surface area (Å²) >= 11 is 0. The van der Waals surface area contributed by atoms with Crippen molar-refractivity contribution in [2.75, 3.05) is 25.4 Å². The molecule has 128 valence electrons. The molecule has 24 heavy (non-hydrogen) atoms. The van der Waals surface area contributed by atoms with E-state index >= 15 is 0 Å². The van der Waals surface area contributed by atoms with E-state index in [0.29, 0.717) is 6.61 Å². The lowest BCUT2D eigenvalue weighted by molar-refractivity contribution is 0.308. The third kappa shape index (κ3) is 4.75.